The van der Waals surface area contributed by atoms with Gasteiger partial charge in [-0.25, -0.2) is 0 Å². The number of amides is 1. The summed E-state index contributed by atoms with van der Waals surface area (Å²) in [5.41, 5.74) is 3.79. The predicted octanol–water partition coefficient (Wildman–Crippen LogP) is 3.07. The first kappa shape index (κ1) is 22.6. The molecule has 2 aromatic carbocycles. The van der Waals surface area contributed by atoms with Crippen molar-refractivity contribution in [2.45, 2.75) is 43.9 Å². The molecule has 170 valence electrons. The molecule has 0 aliphatic carbocycles. The van der Waals surface area contributed by atoms with E-state index in [1.807, 2.05) is 12.1 Å². The summed E-state index contributed by atoms with van der Waals surface area (Å²) in [6.07, 6.45) is 5.82. The molecule has 2 aliphatic rings. The predicted molar refractivity (Wildman–Crippen MR) is 134 cm³/mol. The molecule has 2 heterocycles. The molecule has 0 spiro atoms. The van der Waals surface area contributed by atoms with Gasteiger partial charge in [-0.3, -0.25) is 4.79 Å². The lowest BCUT2D eigenvalue weighted by atomic mass is 9.76. The van der Waals surface area contributed by atoms with E-state index < -0.39 is 5.72 Å². The van der Waals surface area contributed by atoms with Gasteiger partial charge in [0.15, 0.2) is 5.72 Å². The number of hydrogen-bond donors (Lipinski definition) is 1. The lowest BCUT2D eigenvalue weighted by molar-refractivity contribution is -0.120. The normalized spacial score (nSPS) is 21.0. The third-order valence-corrected chi connectivity index (χ3v) is 7.50. The van der Waals surface area contributed by atoms with E-state index in [1.54, 1.807) is 7.11 Å². The molecule has 1 unspecified atom stereocenters. The Bertz CT molecular complexity index is 1000. The Balaban J connectivity index is 1.60. The molecule has 1 atom stereocenters. The molecule has 0 aromatic heterocycles. The van der Waals surface area contributed by atoms with Crippen LogP contribution in [0.2, 0.25) is 6.04 Å². The number of rotatable bonds is 8. The molecule has 2 aliphatic heterocycles. The van der Waals surface area contributed by atoms with Crippen molar-refractivity contribution in [3.05, 3.63) is 65.2 Å². The Morgan fingerprint density at radius 1 is 1.25 bits per heavy atom. The van der Waals surface area contributed by atoms with Crippen molar-refractivity contribution in [2.75, 3.05) is 31.7 Å². The number of carbonyl (C=O) groups is 1. The zero-order chi connectivity index (χ0) is 22.8. The fraction of sp³-hybridized carbons (Fsp3) is 0.423. The van der Waals surface area contributed by atoms with Crippen LogP contribution in [-0.4, -0.2) is 48.7 Å². The summed E-state index contributed by atoms with van der Waals surface area (Å²) >= 11 is 0. The number of anilines is 1. The molecule has 1 N–H and O–H groups in total. The van der Waals surface area contributed by atoms with Gasteiger partial charge in [0, 0.05) is 34.4 Å². The third kappa shape index (κ3) is 3.97. The number of fused-ring (bicyclic) bond motifs is 3. The molecule has 4 rings (SSSR count). The number of nitrogens with one attached hydrogen (secondary N) is 1. The first-order valence-electron chi connectivity index (χ1n) is 11.6. The van der Waals surface area contributed by atoms with E-state index in [0.717, 1.165) is 36.4 Å². The first-order chi connectivity index (χ1) is 15.4. The van der Waals surface area contributed by atoms with Crippen LogP contribution in [0.15, 0.2) is 48.5 Å². The average molecular weight is 451 g/mol. The van der Waals surface area contributed by atoms with Crippen LogP contribution in [0.3, 0.4) is 0 Å². The Morgan fingerprint density at radius 3 is 2.75 bits per heavy atom. The zero-order valence-corrected chi connectivity index (χ0v) is 21.6. The van der Waals surface area contributed by atoms with Crippen molar-refractivity contribution < 1.29 is 14.3 Å². The van der Waals surface area contributed by atoms with E-state index in [9.17, 15) is 4.79 Å². The lowest BCUT2D eigenvalue weighted by Gasteiger charge is -2.39. The second-order valence-electron chi connectivity index (χ2n) is 9.16. The highest BCUT2D eigenvalue weighted by molar-refractivity contribution is 6.08. The Kier molecular flexibility index (Phi) is 6.44. The van der Waals surface area contributed by atoms with Gasteiger partial charge in [-0.15, -0.1) is 0 Å². The second-order valence-corrected chi connectivity index (χ2v) is 10.2. The van der Waals surface area contributed by atoms with Gasteiger partial charge < -0.3 is 19.7 Å². The summed E-state index contributed by atoms with van der Waals surface area (Å²) in [5, 5.41) is 3.04. The van der Waals surface area contributed by atoms with E-state index in [-0.39, 0.29) is 11.3 Å². The molecule has 1 fully saturated rings. The first-order valence-corrected chi connectivity index (χ1v) is 13.0. The van der Waals surface area contributed by atoms with Crippen LogP contribution in [0.5, 0.6) is 5.75 Å². The topological polar surface area (TPSA) is 50.8 Å². The molecular formula is C26H34N2O3Si. The van der Waals surface area contributed by atoms with Crippen LogP contribution in [-0.2, 0) is 21.4 Å². The smallest absolute Gasteiger partial charge is 0.224 e. The van der Waals surface area contributed by atoms with Crippen LogP contribution >= 0.6 is 0 Å². The average Bonchev–Trinajstić information content (AvgIpc) is 3.30. The molecule has 6 heteroatoms. The van der Waals surface area contributed by atoms with Crippen LogP contribution in [0.1, 0.15) is 37.0 Å². The van der Waals surface area contributed by atoms with Crippen LogP contribution in [0.25, 0.3) is 6.08 Å². The summed E-state index contributed by atoms with van der Waals surface area (Å²) in [6, 6.07) is 15.7. The number of benzene rings is 2. The van der Waals surface area contributed by atoms with E-state index in [1.165, 1.54) is 27.5 Å². The van der Waals surface area contributed by atoms with Crippen molar-refractivity contribution in [2.24, 2.45) is 0 Å². The van der Waals surface area contributed by atoms with Crippen molar-refractivity contribution in [3.63, 3.8) is 0 Å². The fourth-order valence-corrected chi connectivity index (χ4v) is 5.25. The molecule has 1 amide bonds. The number of hydrogen-bond acceptors (Lipinski definition) is 4. The largest absolute Gasteiger partial charge is 0.497 e. The van der Waals surface area contributed by atoms with Crippen molar-refractivity contribution in [3.8, 4) is 5.75 Å². The minimum atomic E-state index is -0.541. The van der Waals surface area contributed by atoms with Crippen molar-refractivity contribution >= 4 is 27.9 Å². The van der Waals surface area contributed by atoms with Crippen LogP contribution in [0.4, 0.5) is 5.69 Å². The molecule has 1 saturated heterocycles. The van der Waals surface area contributed by atoms with Crippen LogP contribution < -0.4 is 15.0 Å². The highest BCUT2D eigenvalue weighted by atomic mass is 28.1. The molecular weight excluding hydrogens is 416 g/mol. The summed E-state index contributed by atoms with van der Waals surface area (Å²) in [5.74, 6) is 0.947. The maximum absolute atomic E-state index is 12.4. The fourth-order valence-electron chi connectivity index (χ4n) is 4.90. The van der Waals surface area contributed by atoms with E-state index in [2.05, 4.69) is 66.5 Å². The van der Waals surface area contributed by atoms with Gasteiger partial charge >= 0.3 is 0 Å². The molecule has 32 heavy (non-hydrogen) atoms. The molecule has 0 radical (unpaired) electrons. The quantitative estimate of drug-likeness (QED) is 0.496. The SMILES string of the molecule is COc1ccc(/C=C/C23OCCN2c2ccc(CC(=O)NCCC[SiH3])cc2C3(C)C)cc1. The van der Waals surface area contributed by atoms with Gasteiger partial charge in [0.05, 0.1) is 20.1 Å². The maximum Gasteiger partial charge on any atom is 0.224 e. The van der Waals surface area contributed by atoms with Gasteiger partial charge in [-0.05, 0) is 47.4 Å². The molecule has 5 nitrogen and oxygen atoms in total. The lowest BCUT2D eigenvalue weighted by Crippen LogP contribution is -2.51. The number of methoxy groups -OCH3 is 1. The van der Waals surface area contributed by atoms with Gasteiger partial charge in [0.2, 0.25) is 5.91 Å². The number of nitrogens with zero attached hydrogens (tertiary/aromatic N) is 1. The Hall–Kier alpha value is -2.57. The van der Waals surface area contributed by atoms with Gasteiger partial charge in [0.25, 0.3) is 0 Å². The van der Waals surface area contributed by atoms with Crippen molar-refractivity contribution in [1.29, 1.82) is 0 Å². The summed E-state index contributed by atoms with van der Waals surface area (Å²) in [7, 11) is 2.86. The Labute approximate surface area is 194 Å². The number of ether oxygens (including phenoxy) is 2. The van der Waals surface area contributed by atoms with E-state index in [4.69, 9.17) is 9.47 Å². The monoisotopic (exact) mass is 450 g/mol. The highest BCUT2D eigenvalue weighted by Crippen LogP contribution is 2.55. The van der Waals surface area contributed by atoms with Gasteiger partial charge in [-0.1, -0.05) is 50.2 Å². The van der Waals surface area contributed by atoms with Crippen LogP contribution in [0, 0.1) is 0 Å². The third-order valence-electron chi connectivity index (χ3n) is 6.79. The number of carbonyl (C=O) groups excluding carboxylic acids is 1. The summed E-state index contributed by atoms with van der Waals surface area (Å²) in [4.78, 5) is 14.7. The molecule has 0 saturated carbocycles. The van der Waals surface area contributed by atoms with E-state index in [0.29, 0.717) is 13.0 Å². The second kappa shape index (κ2) is 9.12. The molecule has 0 bridgehead atoms. The standard InChI is InChI=1S/C26H34N2O3Si/c1-25(2)22-17-20(18-24(29)27-13-4-16-32)7-10-23(22)28-14-15-31-26(25,28)12-11-19-5-8-21(30-3)9-6-19/h5-12,17H,4,13-16,18H2,1-3,32H3,(H,27,29)/b12-11+. The van der Waals surface area contributed by atoms with Gasteiger partial charge in [-0.2, -0.15) is 0 Å². The maximum atomic E-state index is 12.4. The van der Waals surface area contributed by atoms with E-state index >= 15 is 0 Å². The summed E-state index contributed by atoms with van der Waals surface area (Å²) < 4.78 is 11.7. The van der Waals surface area contributed by atoms with Crippen molar-refractivity contribution in [1.82, 2.24) is 5.32 Å². The molecule has 2 aromatic rings. The minimum absolute atomic E-state index is 0.0988. The van der Waals surface area contributed by atoms with Gasteiger partial charge in [0.1, 0.15) is 5.75 Å². The Morgan fingerprint density at radius 2 is 2.03 bits per heavy atom. The summed E-state index contributed by atoms with van der Waals surface area (Å²) in [6.45, 7) is 6.80. The highest BCUT2D eigenvalue weighted by Gasteiger charge is 2.59. The zero-order valence-electron chi connectivity index (χ0n) is 19.6. The minimum Gasteiger partial charge on any atom is -0.497 e.